The first-order valence-corrected chi connectivity index (χ1v) is 10.3. The van der Waals surface area contributed by atoms with E-state index >= 15 is 0 Å². The number of carbonyl (C=O) groups is 2. The number of aromatic nitrogens is 1. The zero-order chi connectivity index (χ0) is 21.6. The van der Waals surface area contributed by atoms with Crippen molar-refractivity contribution in [2.24, 2.45) is 0 Å². The highest BCUT2D eigenvalue weighted by Gasteiger charge is 2.51. The summed E-state index contributed by atoms with van der Waals surface area (Å²) >= 11 is 6.50. The number of halogens is 1. The van der Waals surface area contributed by atoms with Crippen molar-refractivity contribution < 1.29 is 19.1 Å². The fourth-order valence-corrected chi connectivity index (χ4v) is 4.59. The summed E-state index contributed by atoms with van der Waals surface area (Å²) < 4.78 is 11.0. The molecule has 0 saturated carbocycles. The lowest BCUT2D eigenvalue weighted by Crippen LogP contribution is -2.34. The van der Waals surface area contributed by atoms with Gasteiger partial charge in [-0.3, -0.25) is 9.78 Å². The fraction of sp³-hybridized carbons (Fsp3) is 0.208. The zero-order valence-corrected chi connectivity index (χ0v) is 17.6. The predicted octanol–water partition coefficient (Wildman–Crippen LogP) is 4.32. The molecule has 156 valence electrons. The standard InChI is InChI=1S/C24H19ClN2O4/c1-30-17-10-16(12-26-13-17)15-6-7-19(21(25)11-15)22(28)27-9-8-24(14-27)20-5-3-2-4-18(20)23(29)31-24/h2-7,10-13H,8-9,14H2,1H3/t24-/m0/s1. The molecule has 6 nitrogen and oxygen atoms in total. The molecule has 1 saturated heterocycles. The first-order chi connectivity index (χ1) is 15.0. The van der Waals surface area contributed by atoms with Crippen molar-refractivity contribution in [1.29, 1.82) is 0 Å². The Bertz CT molecular complexity index is 1210. The van der Waals surface area contributed by atoms with Gasteiger partial charge in [-0.1, -0.05) is 35.9 Å². The van der Waals surface area contributed by atoms with Crippen molar-refractivity contribution >= 4 is 23.5 Å². The largest absolute Gasteiger partial charge is 0.495 e. The number of ether oxygens (including phenoxy) is 2. The third-order valence-corrected chi connectivity index (χ3v) is 6.24. The molecule has 1 aromatic heterocycles. The Morgan fingerprint density at radius 1 is 1.16 bits per heavy atom. The Morgan fingerprint density at radius 2 is 2.00 bits per heavy atom. The molecule has 7 heteroatoms. The summed E-state index contributed by atoms with van der Waals surface area (Å²) in [6.07, 6.45) is 3.90. The molecule has 0 bridgehead atoms. The second-order valence-electron chi connectivity index (χ2n) is 7.71. The summed E-state index contributed by atoms with van der Waals surface area (Å²) in [5, 5.41) is 0.357. The summed E-state index contributed by atoms with van der Waals surface area (Å²) in [7, 11) is 1.58. The molecule has 0 radical (unpaired) electrons. The minimum Gasteiger partial charge on any atom is -0.495 e. The van der Waals surface area contributed by atoms with Crippen LogP contribution in [0.1, 0.15) is 32.7 Å². The van der Waals surface area contributed by atoms with Crippen LogP contribution in [0.2, 0.25) is 5.02 Å². The number of likely N-dealkylation sites (tertiary alicyclic amines) is 1. The van der Waals surface area contributed by atoms with Crippen LogP contribution in [0.15, 0.2) is 60.9 Å². The Kier molecular flexibility index (Phi) is 4.67. The van der Waals surface area contributed by atoms with Crippen molar-refractivity contribution in [1.82, 2.24) is 9.88 Å². The number of fused-ring (bicyclic) bond motifs is 2. The first kappa shape index (κ1) is 19.6. The van der Waals surface area contributed by atoms with E-state index in [9.17, 15) is 9.59 Å². The minimum absolute atomic E-state index is 0.183. The average molecular weight is 435 g/mol. The normalized spacial score (nSPS) is 19.4. The molecule has 1 amide bonds. The van der Waals surface area contributed by atoms with E-state index in [0.29, 0.717) is 41.4 Å². The van der Waals surface area contributed by atoms with Crippen LogP contribution < -0.4 is 4.74 Å². The zero-order valence-electron chi connectivity index (χ0n) is 16.8. The van der Waals surface area contributed by atoms with E-state index < -0.39 is 5.60 Å². The van der Waals surface area contributed by atoms with E-state index in [0.717, 1.165) is 16.7 Å². The molecule has 2 aromatic carbocycles. The minimum atomic E-state index is -0.776. The van der Waals surface area contributed by atoms with Crippen molar-refractivity contribution in [3.05, 3.63) is 82.6 Å². The van der Waals surface area contributed by atoms with Crippen LogP contribution in [0.5, 0.6) is 5.75 Å². The number of nitrogens with zero attached hydrogens (tertiary/aromatic N) is 2. The monoisotopic (exact) mass is 434 g/mol. The van der Waals surface area contributed by atoms with E-state index in [2.05, 4.69) is 4.98 Å². The van der Waals surface area contributed by atoms with Gasteiger partial charge in [-0.2, -0.15) is 0 Å². The van der Waals surface area contributed by atoms with Crippen LogP contribution in [0.3, 0.4) is 0 Å². The van der Waals surface area contributed by atoms with Crippen LogP contribution >= 0.6 is 11.6 Å². The Labute approximate surface area is 184 Å². The SMILES string of the molecule is COc1cncc(-c2ccc(C(=O)N3CC[C@@]4(C3)OC(=O)c3ccccc34)c(Cl)c2)c1. The van der Waals surface area contributed by atoms with Gasteiger partial charge in [-0.25, -0.2) is 4.79 Å². The van der Waals surface area contributed by atoms with Crippen LogP contribution in [0.4, 0.5) is 0 Å². The number of hydrogen-bond acceptors (Lipinski definition) is 5. The molecule has 0 aliphatic carbocycles. The van der Waals surface area contributed by atoms with Gasteiger partial charge in [0.1, 0.15) is 5.75 Å². The second-order valence-corrected chi connectivity index (χ2v) is 8.12. The van der Waals surface area contributed by atoms with E-state index in [1.807, 2.05) is 30.3 Å². The summed E-state index contributed by atoms with van der Waals surface area (Å²) in [5.41, 5.74) is 2.74. The van der Waals surface area contributed by atoms with E-state index in [-0.39, 0.29) is 11.9 Å². The van der Waals surface area contributed by atoms with Crippen molar-refractivity contribution in [3.63, 3.8) is 0 Å². The molecular weight excluding hydrogens is 416 g/mol. The van der Waals surface area contributed by atoms with Gasteiger partial charge in [0.05, 0.1) is 36.0 Å². The highest BCUT2D eigenvalue weighted by atomic mass is 35.5. The molecule has 3 heterocycles. The smallest absolute Gasteiger partial charge is 0.339 e. The van der Waals surface area contributed by atoms with Crippen LogP contribution in [-0.4, -0.2) is 42.0 Å². The quantitative estimate of drug-likeness (QED) is 0.574. The van der Waals surface area contributed by atoms with Gasteiger partial charge in [0.25, 0.3) is 5.91 Å². The third kappa shape index (κ3) is 3.24. The number of benzene rings is 2. The van der Waals surface area contributed by atoms with Crippen LogP contribution in [-0.2, 0) is 10.3 Å². The maximum Gasteiger partial charge on any atom is 0.339 e. The van der Waals surface area contributed by atoms with Gasteiger partial charge in [-0.05, 0) is 29.8 Å². The molecule has 5 rings (SSSR count). The van der Waals surface area contributed by atoms with Gasteiger partial charge in [0, 0.05) is 30.3 Å². The Morgan fingerprint density at radius 3 is 2.81 bits per heavy atom. The Hall–Kier alpha value is -3.38. The average Bonchev–Trinajstić information content (AvgIpc) is 3.35. The third-order valence-electron chi connectivity index (χ3n) is 5.93. The lowest BCUT2D eigenvalue weighted by Gasteiger charge is -2.24. The summed E-state index contributed by atoms with van der Waals surface area (Å²) in [4.78, 5) is 31.4. The maximum atomic E-state index is 13.2. The van der Waals surface area contributed by atoms with Gasteiger partial charge >= 0.3 is 5.97 Å². The Balaban J connectivity index is 1.40. The topological polar surface area (TPSA) is 68.7 Å². The summed E-state index contributed by atoms with van der Waals surface area (Å²) in [6.45, 7) is 0.796. The lowest BCUT2D eigenvalue weighted by molar-refractivity contribution is -0.00306. The van der Waals surface area contributed by atoms with Gasteiger partial charge in [0.15, 0.2) is 5.60 Å². The number of pyridine rings is 1. The van der Waals surface area contributed by atoms with Crippen LogP contribution in [0, 0.1) is 0 Å². The second kappa shape index (κ2) is 7.39. The predicted molar refractivity (Wildman–Crippen MR) is 115 cm³/mol. The molecule has 0 N–H and O–H groups in total. The number of hydrogen-bond donors (Lipinski definition) is 0. The van der Waals surface area contributed by atoms with Crippen molar-refractivity contribution in [3.8, 4) is 16.9 Å². The van der Waals surface area contributed by atoms with Gasteiger partial charge < -0.3 is 14.4 Å². The van der Waals surface area contributed by atoms with Gasteiger partial charge in [0.2, 0.25) is 0 Å². The number of carbonyl (C=O) groups excluding carboxylic acids is 2. The molecule has 1 spiro atoms. The number of rotatable bonds is 3. The molecule has 31 heavy (non-hydrogen) atoms. The van der Waals surface area contributed by atoms with E-state index in [1.165, 1.54) is 0 Å². The maximum absolute atomic E-state index is 13.2. The molecule has 1 fully saturated rings. The fourth-order valence-electron chi connectivity index (χ4n) is 4.33. The molecular formula is C24H19ClN2O4. The number of esters is 1. The number of amides is 1. The van der Waals surface area contributed by atoms with E-state index in [4.69, 9.17) is 21.1 Å². The van der Waals surface area contributed by atoms with Crippen LogP contribution in [0.25, 0.3) is 11.1 Å². The molecule has 3 aromatic rings. The first-order valence-electron chi connectivity index (χ1n) is 9.92. The highest BCUT2D eigenvalue weighted by molar-refractivity contribution is 6.34. The lowest BCUT2D eigenvalue weighted by atomic mass is 9.91. The van der Waals surface area contributed by atoms with Crippen molar-refractivity contribution in [2.45, 2.75) is 12.0 Å². The molecule has 0 unspecified atom stereocenters. The summed E-state index contributed by atoms with van der Waals surface area (Å²) in [5.74, 6) is 0.124. The molecule has 2 aliphatic heterocycles. The van der Waals surface area contributed by atoms with Crippen molar-refractivity contribution in [2.75, 3.05) is 20.2 Å². The van der Waals surface area contributed by atoms with E-state index in [1.54, 1.807) is 42.6 Å². The van der Waals surface area contributed by atoms with Gasteiger partial charge in [-0.15, -0.1) is 0 Å². The molecule has 1 atom stereocenters. The highest BCUT2D eigenvalue weighted by Crippen LogP contribution is 2.43. The molecule has 2 aliphatic rings. The number of methoxy groups -OCH3 is 1. The summed E-state index contributed by atoms with van der Waals surface area (Å²) in [6, 6.07) is 14.5.